The van der Waals surface area contributed by atoms with Crippen molar-refractivity contribution in [1.82, 2.24) is 0 Å². The van der Waals surface area contributed by atoms with Crippen molar-refractivity contribution in [1.29, 1.82) is 0 Å². The number of hydrogen-bond acceptors (Lipinski definition) is 2. The van der Waals surface area contributed by atoms with Crippen LogP contribution in [0.25, 0.3) is 0 Å². The van der Waals surface area contributed by atoms with E-state index >= 15 is 0 Å². The van der Waals surface area contributed by atoms with E-state index in [9.17, 15) is 18.0 Å². The first-order chi connectivity index (χ1) is 6.92. The molecule has 0 amide bonds. The molecule has 1 aromatic rings. The van der Waals surface area contributed by atoms with Crippen molar-refractivity contribution in [3.63, 3.8) is 0 Å². The van der Waals surface area contributed by atoms with Gasteiger partial charge in [-0.25, -0.2) is 0 Å². The third-order valence-corrected chi connectivity index (χ3v) is 2.51. The number of rotatable bonds is 3. The number of ketones is 1. The topological polar surface area (TPSA) is 17.1 Å². The number of hydrogen-bond donors (Lipinski definition) is 0. The minimum absolute atomic E-state index is 0.0497. The van der Waals surface area contributed by atoms with Gasteiger partial charge in [0.1, 0.15) is 0 Å². The molecule has 1 rings (SSSR count). The Hall–Kier alpha value is -0.680. The monoisotopic (exact) mass is 254 g/mol. The van der Waals surface area contributed by atoms with E-state index in [1.165, 1.54) is 24.3 Å². The lowest BCUT2D eigenvalue weighted by Gasteiger charge is -2.05. The lowest BCUT2D eigenvalue weighted by molar-refractivity contribution is -0.0328. The molecule has 1 aromatic carbocycles. The van der Waals surface area contributed by atoms with Gasteiger partial charge in [0.15, 0.2) is 5.78 Å². The SMILES string of the molecule is O=C(CCl)c1ccc(SC(F)(F)F)cc1. The summed E-state index contributed by atoms with van der Waals surface area (Å²) >= 11 is 5.08. The van der Waals surface area contributed by atoms with Crippen molar-refractivity contribution in [2.24, 2.45) is 0 Å². The summed E-state index contributed by atoms with van der Waals surface area (Å²) in [6.07, 6.45) is 0. The molecule has 1 nitrogen and oxygen atoms in total. The maximum absolute atomic E-state index is 11.9. The molecule has 0 unspecified atom stereocenters. The Labute approximate surface area is 93.6 Å². The molecule has 0 fully saturated rings. The fraction of sp³-hybridized carbons (Fsp3) is 0.222. The number of halogens is 4. The summed E-state index contributed by atoms with van der Waals surface area (Å²) in [6, 6.07) is 5.16. The van der Waals surface area contributed by atoms with Crippen molar-refractivity contribution in [3.05, 3.63) is 29.8 Å². The van der Waals surface area contributed by atoms with Crippen molar-refractivity contribution in [2.75, 3.05) is 5.88 Å². The zero-order chi connectivity index (χ0) is 11.5. The third-order valence-electron chi connectivity index (χ3n) is 1.53. The molecule has 0 aromatic heterocycles. The van der Waals surface area contributed by atoms with Crippen LogP contribution in [-0.4, -0.2) is 17.2 Å². The highest BCUT2D eigenvalue weighted by Crippen LogP contribution is 2.36. The molecule has 0 heterocycles. The van der Waals surface area contributed by atoms with Crippen molar-refractivity contribution in [3.8, 4) is 0 Å². The Kier molecular flexibility index (Phi) is 4.04. The third kappa shape index (κ3) is 4.13. The van der Waals surface area contributed by atoms with Gasteiger partial charge in [-0.1, -0.05) is 12.1 Å². The number of carbonyl (C=O) groups excluding carboxylic acids is 1. The van der Waals surface area contributed by atoms with Gasteiger partial charge in [0, 0.05) is 10.5 Å². The van der Waals surface area contributed by atoms with Crippen LogP contribution in [0.2, 0.25) is 0 Å². The molecule has 0 aliphatic heterocycles. The Morgan fingerprint density at radius 2 is 1.80 bits per heavy atom. The Balaban J connectivity index is 2.77. The first kappa shape index (κ1) is 12.4. The molecule has 0 saturated carbocycles. The fourth-order valence-corrected chi connectivity index (χ4v) is 1.61. The molecule has 0 spiro atoms. The Morgan fingerprint density at radius 1 is 1.27 bits per heavy atom. The normalized spacial score (nSPS) is 11.5. The predicted octanol–water partition coefficient (Wildman–Crippen LogP) is 3.72. The zero-order valence-electron chi connectivity index (χ0n) is 7.34. The Morgan fingerprint density at radius 3 is 2.20 bits per heavy atom. The second kappa shape index (κ2) is 4.90. The highest BCUT2D eigenvalue weighted by Gasteiger charge is 2.29. The summed E-state index contributed by atoms with van der Waals surface area (Å²) in [7, 11) is 0. The van der Waals surface area contributed by atoms with Crippen LogP contribution in [-0.2, 0) is 0 Å². The first-order valence-electron chi connectivity index (χ1n) is 3.87. The van der Waals surface area contributed by atoms with E-state index in [1.54, 1.807) is 0 Å². The van der Waals surface area contributed by atoms with Crippen LogP contribution in [0.5, 0.6) is 0 Å². The van der Waals surface area contributed by atoms with Crippen LogP contribution in [0.4, 0.5) is 13.2 Å². The minimum atomic E-state index is -4.31. The first-order valence-corrected chi connectivity index (χ1v) is 5.22. The second-order valence-electron chi connectivity index (χ2n) is 2.63. The van der Waals surface area contributed by atoms with E-state index in [4.69, 9.17) is 11.6 Å². The van der Waals surface area contributed by atoms with Crippen LogP contribution in [0.1, 0.15) is 10.4 Å². The lowest BCUT2D eigenvalue weighted by Crippen LogP contribution is -2.01. The summed E-state index contributed by atoms with van der Waals surface area (Å²) in [5.41, 5.74) is -3.99. The van der Waals surface area contributed by atoms with E-state index in [0.29, 0.717) is 5.56 Å². The maximum Gasteiger partial charge on any atom is 0.446 e. The number of carbonyl (C=O) groups is 1. The summed E-state index contributed by atoms with van der Waals surface area (Å²) in [6.45, 7) is 0. The minimum Gasteiger partial charge on any atom is -0.293 e. The smallest absolute Gasteiger partial charge is 0.293 e. The van der Waals surface area contributed by atoms with Crippen molar-refractivity contribution >= 4 is 29.1 Å². The maximum atomic E-state index is 11.9. The zero-order valence-corrected chi connectivity index (χ0v) is 8.92. The summed E-state index contributed by atoms with van der Waals surface area (Å²) in [4.78, 5) is 11.1. The van der Waals surface area contributed by atoms with Gasteiger partial charge in [0.25, 0.3) is 0 Å². The van der Waals surface area contributed by atoms with Crippen LogP contribution < -0.4 is 0 Å². The highest BCUT2D eigenvalue weighted by atomic mass is 35.5. The van der Waals surface area contributed by atoms with Gasteiger partial charge in [0.2, 0.25) is 0 Å². The van der Waals surface area contributed by atoms with E-state index < -0.39 is 5.51 Å². The van der Waals surface area contributed by atoms with Gasteiger partial charge in [-0.2, -0.15) is 13.2 Å². The number of Topliss-reactive ketones (excluding diaryl/α,β-unsaturated/α-hetero) is 1. The highest BCUT2D eigenvalue weighted by molar-refractivity contribution is 8.00. The standard InChI is InChI=1S/C9H6ClF3OS/c10-5-8(14)6-1-3-7(4-2-6)15-9(11,12)13/h1-4H,5H2. The van der Waals surface area contributed by atoms with Gasteiger partial charge >= 0.3 is 5.51 Å². The van der Waals surface area contributed by atoms with Gasteiger partial charge in [-0.15, -0.1) is 11.6 Å². The molecule has 0 aliphatic rings. The average Bonchev–Trinajstić information content (AvgIpc) is 2.15. The van der Waals surface area contributed by atoms with Crippen molar-refractivity contribution < 1.29 is 18.0 Å². The number of thioether (sulfide) groups is 1. The molecule has 6 heteroatoms. The fourth-order valence-electron chi connectivity index (χ4n) is 0.920. The largest absolute Gasteiger partial charge is 0.446 e. The van der Waals surface area contributed by atoms with E-state index in [1.807, 2.05) is 0 Å². The number of alkyl halides is 4. The number of benzene rings is 1. The summed E-state index contributed by atoms with van der Waals surface area (Å²) < 4.78 is 35.8. The molecule has 82 valence electrons. The molecule has 0 saturated heterocycles. The molecule has 0 bridgehead atoms. The molecule has 0 atom stereocenters. The van der Waals surface area contributed by atoms with Crippen LogP contribution >= 0.6 is 23.4 Å². The summed E-state index contributed by atoms with van der Waals surface area (Å²) in [5, 5.41) is 0. The molecule has 0 radical (unpaired) electrons. The van der Waals surface area contributed by atoms with E-state index in [2.05, 4.69) is 0 Å². The van der Waals surface area contributed by atoms with Gasteiger partial charge in [0.05, 0.1) is 5.88 Å². The van der Waals surface area contributed by atoms with E-state index in [0.717, 1.165) is 0 Å². The van der Waals surface area contributed by atoms with Gasteiger partial charge < -0.3 is 0 Å². The molecular formula is C9H6ClF3OS. The molecule has 0 N–H and O–H groups in total. The summed E-state index contributed by atoms with van der Waals surface area (Å²) in [5.74, 6) is -0.480. The molecule has 15 heavy (non-hydrogen) atoms. The molecule has 0 aliphatic carbocycles. The quantitative estimate of drug-likeness (QED) is 0.465. The van der Waals surface area contributed by atoms with Crippen LogP contribution in [0.15, 0.2) is 29.2 Å². The predicted molar refractivity (Wildman–Crippen MR) is 53.4 cm³/mol. The van der Waals surface area contributed by atoms with E-state index in [-0.39, 0.29) is 28.3 Å². The lowest BCUT2D eigenvalue weighted by atomic mass is 10.1. The second-order valence-corrected chi connectivity index (χ2v) is 4.03. The van der Waals surface area contributed by atoms with Crippen molar-refractivity contribution in [2.45, 2.75) is 10.4 Å². The van der Waals surface area contributed by atoms with Gasteiger partial charge in [-0.3, -0.25) is 4.79 Å². The average molecular weight is 255 g/mol. The molecular weight excluding hydrogens is 249 g/mol. The van der Waals surface area contributed by atoms with Crippen LogP contribution in [0, 0.1) is 0 Å². The van der Waals surface area contributed by atoms with Gasteiger partial charge in [-0.05, 0) is 23.9 Å². The Bertz CT molecular complexity index is 347. The van der Waals surface area contributed by atoms with Crippen LogP contribution in [0.3, 0.4) is 0 Å².